The van der Waals surface area contributed by atoms with Crippen molar-refractivity contribution in [3.8, 4) is 0 Å². The van der Waals surface area contributed by atoms with E-state index in [4.69, 9.17) is 14.6 Å². The van der Waals surface area contributed by atoms with Gasteiger partial charge >= 0.3 is 5.97 Å². The molecular weight excluding hydrogens is 396 g/mol. The zero-order valence-corrected chi connectivity index (χ0v) is 19.1. The molecule has 1 saturated heterocycles. The lowest BCUT2D eigenvalue weighted by molar-refractivity contribution is -0.189. The molecule has 2 aliphatic rings. The molecule has 0 bridgehead atoms. The molecular formula is C25H40O6. The summed E-state index contributed by atoms with van der Waals surface area (Å²) in [5.74, 6) is -0.603. The number of allylic oxidation sites excluding steroid dienone is 2. The summed E-state index contributed by atoms with van der Waals surface area (Å²) in [5.41, 5.74) is 0. The average molecular weight is 437 g/mol. The predicted octanol–water partition coefficient (Wildman–Crippen LogP) is 5.23. The van der Waals surface area contributed by atoms with E-state index in [0.717, 1.165) is 64.2 Å². The van der Waals surface area contributed by atoms with Gasteiger partial charge in [-0.2, -0.15) is 0 Å². The Bertz CT molecular complexity index is 593. The van der Waals surface area contributed by atoms with Crippen molar-refractivity contribution in [1.29, 1.82) is 0 Å². The van der Waals surface area contributed by atoms with Crippen molar-refractivity contribution in [3.05, 3.63) is 12.2 Å². The molecule has 1 aliphatic carbocycles. The zero-order valence-electron chi connectivity index (χ0n) is 19.1. The van der Waals surface area contributed by atoms with Crippen LogP contribution in [0.15, 0.2) is 12.2 Å². The summed E-state index contributed by atoms with van der Waals surface area (Å²) in [5, 5.41) is 8.74. The third-order valence-electron chi connectivity index (χ3n) is 6.35. The van der Waals surface area contributed by atoms with Crippen molar-refractivity contribution >= 4 is 17.5 Å². The molecule has 0 radical (unpaired) electrons. The van der Waals surface area contributed by atoms with Crippen LogP contribution in [0, 0.1) is 11.8 Å². The first-order chi connectivity index (χ1) is 15.0. The van der Waals surface area contributed by atoms with E-state index in [1.807, 2.05) is 6.08 Å². The van der Waals surface area contributed by atoms with Crippen LogP contribution in [0.5, 0.6) is 0 Å². The van der Waals surface area contributed by atoms with Gasteiger partial charge in [0.15, 0.2) is 17.9 Å². The largest absolute Gasteiger partial charge is 0.481 e. The summed E-state index contributed by atoms with van der Waals surface area (Å²) < 4.78 is 11.7. The van der Waals surface area contributed by atoms with Gasteiger partial charge in [0.2, 0.25) is 0 Å². The number of carbonyl (C=O) groups excluding carboxylic acids is 2. The number of aliphatic carboxylic acids is 1. The van der Waals surface area contributed by atoms with Crippen LogP contribution in [0.3, 0.4) is 0 Å². The summed E-state index contributed by atoms with van der Waals surface area (Å²) in [4.78, 5) is 35.9. The van der Waals surface area contributed by atoms with Crippen LogP contribution in [0.2, 0.25) is 0 Å². The summed E-state index contributed by atoms with van der Waals surface area (Å²) >= 11 is 0. The smallest absolute Gasteiger partial charge is 0.303 e. The average Bonchev–Trinajstić information content (AvgIpc) is 3.04. The first kappa shape index (κ1) is 25.7. The molecule has 0 aromatic heterocycles. The van der Waals surface area contributed by atoms with Gasteiger partial charge in [0, 0.05) is 25.4 Å². The van der Waals surface area contributed by atoms with Gasteiger partial charge in [0.05, 0.1) is 0 Å². The maximum absolute atomic E-state index is 13.1. The highest BCUT2D eigenvalue weighted by Crippen LogP contribution is 2.37. The molecule has 1 aliphatic heterocycles. The highest BCUT2D eigenvalue weighted by molar-refractivity contribution is 5.91. The topological polar surface area (TPSA) is 89.9 Å². The fourth-order valence-electron chi connectivity index (χ4n) is 4.53. The SMILES string of the molecule is CCCCCC(=O)C=CC1CC(OC2CCCCO2)C(=O)C1CCCCCCC(=O)O. The molecule has 0 spiro atoms. The normalized spacial score (nSPS) is 26.5. The summed E-state index contributed by atoms with van der Waals surface area (Å²) in [6.07, 6.45) is 14.3. The molecule has 2 rings (SSSR count). The zero-order chi connectivity index (χ0) is 22.5. The Morgan fingerprint density at radius 2 is 1.87 bits per heavy atom. The molecule has 6 nitrogen and oxygen atoms in total. The maximum atomic E-state index is 13.1. The minimum Gasteiger partial charge on any atom is -0.481 e. The summed E-state index contributed by atoms with van der Waals surface area (Å²) in [6.45, 7) is 2.80. The Hall–Kier alpha value is -1.53. The van der Waals surface area contributed by atoms with Crippen molar-refractivity contribution in [2.45, 2.75) is 109 Å². The Kier molecular flexibility index (Phi) is 12.0. The van der Waals surface area contributed by atoms with E-state index in [2.05, 4.69) is 6.92 Å². The Balaban J connectivity index is 1.89. The minimum atomic E-state index is -0.760. The highest BCUT2D eigenvalue weighted by atomic mass is 16.7. The van der Waals surface area contributed by atoms with Crippen molar-refractivity contribution in [3.63, 3.8) is 0 Å². The van der Waals surface area contributed by atoms with Crippen LogP contribution < -0.4 is 0 Å². The number of ketones is 2. The van der Waals surface area contributed by atoms with Gasteiger partial charge in [-0.15, -0.1) is 0 Å². The molecule has 1 N–H and O–H groups in total. The fourth-order valence-corrected chi connectivity index (χ4v) is 4.53. The number of unbranched alkanes of at least 4 members (excludes halogenated alkanes) is 5. The lowest BCUT2D eigenvalue weighted by Gasteiger charge is -2.25. The molecule has 0 amide bonds. The van der Waals surface area contributed by atoms with Gasteiger partial charge in [-0.05, 0) is 56.9 Å². The molecule has 31 heavy (non-hydrogen) atoms. The van der Waals surface area contributed by atoms with Gasteiger partial charge < -0.3 is 14.6 Å². The number of carboxylic acid groups (broad SMARTS) is 1. The van der Waals surface area contributed by atoms with E-state index in [-0.39, 0.29) is 36.1 Å². The van der Waals surface area contributed by atoms with Crippen molar-refractivity contribution < 1.29 is 29.0 Å². The standard InChI is InChI=1S/C25H40O6/c1-2-3-6-11-20(26)16-15-19-18-22(31-24-14-9-10-17-30-24)25(29)21(19)12-7-4-5-8-13-23(27)28/h15-16,19,21-22,24H,2-14,17-18H2,1H3,(H,27,28). The first-order valence-corrected chi connectivity index (χ1v) is 12.2. The van der Waals surface area contributed by atoms with E-state index < -0.39 is 12.1 Å². The number of carboxylic acids is 1. The van der Waals surface area contributed by atoms with Crippen molar-refractivity contribution in [1.82, 2.24) is 0 Å². The first-order valence-electron chi connectivity index (χ1n) is 12.2. The number of carbonyl (C=O) groups is 3. The van der Waals surface area contributed by atoms with Gasteiger partial charge in [-0.1, -0.05) is 45.1 Å². The molecule has 4 atom stereocenters. The Morgan fingerprint density at radius 3 is 2.58 bits per heavy atom. The number of ether oxygens (including phenoxy) is 2. The second-order valence-corrected chi connectivity index (χ2v) is 8.96. The van der Waals surface area contributed by atoms with Gasteiger partial charge in [-0.3, -0.25) is 14.4 Å². The van der Waals surface area contributed by atoms with Gasteiger partial charge in [0.25, 0.3) is 0 Å². The molecule has 0 aromatic rings. The molecule has 176 valence electrons. The lowest BCUT2D eigenvalue weighted by Crippen LogP contribution is -2.31. The van der Waals surface area contributed by atoms with E-state index in [1.54, 1.807) is 6.08 Å². The van der Waals surface area contributed by atoms with Crippen LogP contribution in [0.1, 0.15) is 96.8 Å². The molecule has 4 unspecified atom stereocenters. The van der Waals surface area contributed by atoms with E-state index in [9.17, 15) is 14.4 Å². The monoisotopic (exact) mass is 436 g/mol. The molecule has 2 fully saturated rings. The van der Waals surface area contributed by atoms with Crippen LogP contribution in [0.25, 0.3) is 0 Å². The van der Waals surface area contributed by atoms with E-state index in [1.165, 1.54) is 0 Å². The molecule has 1 saturated carbocycles. The van der Waals surface area contributed by atoms with Crippen LogP contribution in [-0.2, 0) is 23.9 Å². The van der Waals surface area contributed by atoms with Crippen LogP contribution >= 0.6 is 0 Å². The number of Topliss-reactive ketones (excluding diaryl/α,β-unsaturated/α-hetero) is 1. The number of hydrogen-bond donors (Lipinski definition) is 1. The van der Waals surface area contributed by atoms with Gasteiger partial charge in [-0.25, -0.2) is 0 Å². The lowest BCUT2D eigenvalue weighted by atomic mass is 9.89. The summed E-state index contributed by atoms with van der Waals surface area (Å²) in [7, 11) is 0. The third-order valence-corrected chi connectivity index (χ3v) is 6.35. The number of hydrogen-bond acceptors (Lipinski definition) is 5. The summed E-state index contributed by atoms with van der Waals surface area (Å²) in [6, 6.07) is 0. The Labute approximate surface area is 186 Å². The fraction of sp³-hybridized carbons (Fsp3) is 0.800. The minimum absolute atomic E-state index is 0.0234. The van der Waals surface area contributed by atoms with Gasteiger partial charge in [0.1, 0.15) is 6.10 Å². The molecule has 0 aromatic carbocycles. The maximum Gasteiger partial charge on any atom is 0.303 e. The quantitative estimate of drug-likeness (QED) is 0.279. The van der Waals surface area contributed by atoms with Crippen LogP contribution in [-0.4, -0.2) is 41.6 Å². The highest BCUT2D eigenvalue weighted by Gasteiger charge is 2.42. The van der Waals surface area contributed by atoms with E-state index >= 15 is 0 Å². The third kappa shape index (κ3) is 9.65. The Morgan fingerprint density at radius 1 is 1.10 bits per heavy atom. The second-order valence-electron chi connectivity index (χ2n) is 8.96. The predicted molar refractivity (Wildman–Crippen MR) is 119 cm³/mol. The van der Waals surface area contributed by atoms with Crippen LogP contribution in [0.4, 0.5) is 0 Å². The second kappa shape index (κ2) is 14.5. The van der Waals surface area contributed by atoms with Crippen molar-refractivity contribution in [2.24, 2.45) is 11.8 Å². The molecule has 6 heteroatoms. The number of rotatable bonds is 15. The molecule has 1 heterocycles. The van der Waals surface area contributed by atoms with E-state index in [0.29, 0.717) is 25.9 Å². The van der Waals surface area contributed by atoms with Crippen molar-refractivity contribution in [2.75, 3.05) is 6.61 Å².